The molecule has 0 fully saturated rings. The Hall–Kier alpha value is -0.620. The molecule has 0 aromatic rings. The fourth-order valence-electron chi connectivity index (χ4n) is 1.40. The second-order valence-electron chi connectivity index (χ2n) is 4.76. The highest BCUT2D eigenvalue weighted by Gasteiger charge is 2.29. The number of rotatable bonds is 11. The molecule has 1 atom stereocenters. The molecule has 0 aliphatic rings. The summed E-state index contributed by atoms with van der Waals surface area (Å²) < 4.78 is 28.4. The number of azide groups is 1. The van der Waals surface area contributed by atoms with Crippen molar-refractivity contribution in [1.82, 2.24) is 0 Å². The summed E-state index contributed by atoms with van der Waals surface area (Å²) in [7, 11) is -3.37. The first-order chi connectivity index (χ1) is 9.33. The summed E-state index contributed by atoms with van der Waals surface area (Å²) in [6, 6.07) is 0. The van der Waals surface area contributed by atoms with Gasteiger partial charge in [0.2, 0.25) is 0 Å². The highest BCUT2D eigenvalue weighted by Crippen LogP contribution is 2.50. The molecule has 0 amide bonds. The van der Waals surface area contributed by atoms with Gasteiger partial charge in [0.1, 0.15) is 6.35 Å². The maximum absolute atomic E-state index is 12.5. The SMILES string of the molecule is CC(C)OP(=O)(CO[C@H](CO)CCN=[N+]=[N-])OC(C)C. The molecule has 0 radical (unpaired) electrons. The van der Waals surface area contributed by atoms with Crippen LogP contribution in [0, 0.1) is 0 Å². The molecule has 20 heavy (non-hydrogen) atoms. The van der Waals surface area contributed by atoms with E-state index in [9.17, 15) is 4.57 Å². The third-order valence-corrected chi connectivity index (χ3v) is 3.98. The zero-order valence-corrected chi connectivity index (χ0v) is 13.3. The Morgan fingerprint density at radius 3 is 2.20 bits per heavy atom. The standard InChI is InChI=1S/C11H24N3O5P/c1-9(2)18-20(16,19-10(3)4)8-17-11(7-15)5-6-13-14-12/h9-11,15H,5-8H2,1-4H3/t11-/m0/s1. The zero-order chi connectivity index (χ0) is 15.6. The molecule has 0 aromatic carbocycles. The summed E-state index contributed by atoms with van der Waals surface area (Å²) in [5.41, 5.74) is 8.18. The fourth-order valence-corrected chi connectivity index (χ4v) is 3.25. The van der Waals surface area contributed by atoms with Crippen LogP contribution in [0.1, 0.15) is 34.1 Å². The van der Waals surface area contributed by atoms with E-state index in [2.05, 4.69) is 10.0 Å². The molecule has 0 rings (SSSR count). The van der Waals surface area contributed by atoms with Gasteiger partial charge < -0.3 is 18.9 Å². The number of nitrogens with zero attached hydrogens (tertiary/aromatic N) is 3. The highest BCUT2D eigenvalue weighted by molar-refractivity contribution is 7.53. The molecule has 0 unspecified atom stereocenters. The normalized spacial score (nSPS) is 13.6. The topological polar surface area (TPSA) is 114 Å². The second kappa shape index (κ2) is 10.2. The van der Waals surface area contributed by atoms with Crippen LogP contribution >= 0.6 is 7.60 Å². The first kappa shape index (κ1) is 19.4. The fraction of sp³-hybridized carbons (Fsp3) is 1.00. The summed E-state index contributed by atoms with van der Waals surface area (Å²) in [4.78, 5) is 2.61. The van der Waals surface area contributed by atoms with Crippen molar-refractivity contribution in [2.75, 3.05) is 19.5 Å². The van der Waals surface area contributed by atoms with Crippen LogP contribution in [0.25, 0.3) is 10.4 Å². The Kier molecular flexibility index (Phi) is 9.84. The van der Waals surface area contributed by atoms with E-state index >= 15 is 0 Å². The van der Waals surface area contributed by atoms with E-state index in [4.69, 9.17) is 24.4 Å². The number of ether oxygens (including phenoxy) is 1. The van der Waals surface area contributed by atoms with Gasteiger partial charge in [0.25, 0.3) is 0 Å². The minimum atomic E-state index is -3.37. The van der Waals surface area contributed by atoms with Crippen molar-refractivity contribution >= 4 is 7.60 Å². The van der Waals surface area contributed by atoms with Crippen LogP contribution in [-0.2, 0) is 18.3 Å². The molecular weight excluding hydrogens is 285 g/mol. The van der Waals surface area contributed by atoms with Crippen LogP contribution in [0.3, 0.4) is 0 Å². The van der Waals surface area contributed by atoms with Crippen molar-refractivity contribution in [3.63, 3.8) is 0 Å². The molecular formula is C11H24N3O5P. The molecule has 0 heterocycles. The van der Waals surface area contributed by atoms with E-state index in [0.717, 1.165) is 0 Å². The van der Waals surface area contributed by atoms with Gasteiger partial charge in [-0.3, -0.25) is 4.57 Å². The average molecular weight is 309 g/mol. The molecule has 0 spiro atoms. The molecule has 0 aliphatic heterocycles. The Morgan fingerprint density at radius 2 is 1.80 bits per heavy atom. The molecule has 0 saturated carbocycles. The van der Waals surface area contributed by atoms with Crippen LogP contribution in [0.2, 0.25) is 0 Å². The summed E-state index contributed by atoms with van der Waals surface area (Å²) in [5.74, 6) is 0. The van der Waals surface area contributed by atoms with Crippen LogP contribution < -0.4 is 0 Å². The van der Waals surface area contributed by atoms with E-state index < -0.39 is 13.7 Å². The van der Waals surface area contributed by atoms with E-state index in [-0.39, 0.29) is 31.7 Å². The lowest BCUT2D eigenvalue weighted by Gasteiger charge is -2.24. The van der Waals surface area contributed by atoms with E-state index in [1.807, 2.05) is 0 Å². The molecule has 0 aromatic heterocycles. The molecule has 0 aliphatic carbocycles. The van der Waals surface area contributed by atoms with Crippen molar-refractivity contribution in [3.8, 4) is 0 Å². The lowest BCUT2D eigenvalue weighted by molar-refractivity contribution is 0.0169. The molecule has 0 saturated heterocycles. The van der Waals surface area contributed by atoms with Gasteiger partial charge in [0.15, 0.2) is 0 Å². The molecule has 8 nitrogen and oxygen atoms in total. The van der Waals surface area contributed by atoms with Gasteiger partial charge in [-0.05, 0) is 39.6 Å². The lowest BCUT2D eigenvalue weighted by atomic mass is 10.3. The monoisotopic (exact) mass is 309 g/mol. The molecule has 118 valence electrons. The van der Waals surface area contributed by atoms with Gasteiger partial charge in [-0.25, -0.2) is 0 Å². The maximum Gasteiger partial charge on any atom is 0.356 e. The first-order valence-corrected chi connectivity index (χ1v) is 8.25. The van der Waals surface area contributed by atoms with Crippen molar-refractivity contribution in [1.29, 1.82) is 0 Å². The van der Waals surface area contributed by atoms with Crippen LogP contribution in [0.5, 0.6) is 0 Å². The van der Waals surface area contributed by atoms with Gasteiger partial charge in [0, 0.05) is 11.5 Å². The summed E-state index contributed by atoms with van der Waals surface area (Å²) >= 11 is 0. The minimum Gasteiger partial charge on any atom is -0.394 e. The predicted octanol–water partition coefficient (Wildman–Crippen LogP) is 3.06. The lowest BCUT2D eigenvalue weighted by Crippen LogP contribution is -2.21. The van der Waals surface area contributed by atoms with E-state index in [0.29, 0.717) is 6.42 Å². The smallest absolute Gasteiger partial charge is 0.356 e. The quantitative estimate of drug-likeness (QED) is 0.272. The largest absolute Gasteiger partial charge is 0.394 e. The second-order valence-corrected chi connectivity index (χ2v) is 6.66. The highest BCUT2D eigenvalue weighted by atomic mass is 31.2. The van der Waals surface area contributed by atoms with Crippen molar-refractivity contribution in [2.24, 2.45) is 5.11 Å². The Bertz CT molecular complexity index is 344. The summed E-state index contributed by atoms with van der Waals surface area (Å²) in [6.07, 6.45) is -1.01. The van der Waals surface area contributed by atoms with Gasteiger partial charge in [-0.2, -0.15) is 0 Å². The van der Waals surface area contributed by atoms with E-state index in [1.54, 1.807) is 27.7 Å². The van der Waals surface area contributed by atoms with Gasteiger partial charge in [0.05, 0.1) is 24.9 Å². The van der Waals surface area contributed by atoms with Gasteiger partial charge in [-0.1, -0.05) is 5.11 Å². The Labute approximate surface area is 119 Å². The Morgan fingerprint density at radius 1 is 1.25 bits per heavy atom. The van der Waals surface area contributed by atoms with Gasteiger partial charge >= 0.3 is 7.60 Å². The third kappa shape index (κ3) is 9.31. The third-order valence-electron chi connectivity index (χ3n) is 2.03. The summed E-state index contributed by atoms with van der Waals surface area (Å²) in [6.45, 7) is 6.94. The number of aliphatic hydroxyl groups excluding tert-OH is 1. The predicted molar refractivity (Wildman–Crippen MR) is 75.5 cm³/mol. The average Bonchev–Trinajstić information content (AvgIpc) is 2.31. The zero-order valence-electron chi connectivity index (χ0n) is 12.4. The molecule has 1 N–H and O–H groups in total. The number of hydrogen-bond acceptors (Lipinski definition) is 6. The van der Waals surface area contributed by atoms with Crippen molar-refractivity contribution in [2.45, 2.75) is 52.4 Å². The minimum absolute atomic E-state index is 0.197. The van der Waals surface area contributed by atoms with Crippen molar-refractivity contribution < 1.29 is 23.5 Å². The van der Waals surface area contributed by atoms with Gasteiger partial charge in [-0.15, -0.1) is 0 Å². The first-order valence-electron chi connectivity index (χ1n) is 6.52. The van der Waals surface area contributed by atoms with Crippen molar-refractivity contribution in [3.05, 3.63) is 10.4 Å². The van der Waals surface area contributed by atoms with Crippen LogP contribution in [0.4, 0.5) is 0 Å². The maximum atomic E-state index is 12.5. The number of hydrogen-bond donors (Lipinski definition) is 1. The van der Waals surface area contributed by atoms with Crippen LogP contribution in [0.15, 0.2) is 5.11 Å². The van der Waals surface area contributed by atoms with Crippen LogP contribution in [-0.4, -0.2) is 42.9 Å². The molecule has 0 bridgehead atoms. The number of aliphatic hydroxyl groups is 1. The summed E-state index contributed by atoms with van der Waals surface area (Å²) in [5, 5.41) is 12.5. The molecule has 9 heteroatoms. The Balaban J connectivity index is 4.48. The van der Waals surface area contributed by atoms with E-state index in [1.165, 1.54) is 0 Å².